The van der Waals surface area contributed by atoms with Gasteiger partial charge >= 0.3 is 5.97 Å². The van der Waals surface area contributed by atoms with E-state index in [-0.39, 0.29) is 17.0 Å². The molecule has 0 unspecified atom stereocenters. The lowest BCUT2D eigenvalue weighted by Crippen LogP contribution is -2.03. The van der Waals surface area contributed by atoms with Crippen molar-refractivity contribution in [1.82, 2.24) is 9.97 Å². The standard InChI is InChI=1S/C12H10N2O3/c1-7-11(15)10(12(16)17)9(6-14-7)8-3-2-4-13-5-8/h2-6,15H,1H3,(H,16,17). The molecule has 2 heterocycles. The number of pyridine rings is 2. The van der Waals surface area contributed by atoms with Gasteiger partial charge in [-0.1, -0.05) is 6.07 Å². The van der Waals surface area contributed by atoms with Gasteiger partial charge in [0.1, 0.15) is 5.56 Å². The lowest BCUT2D eigenvalue weighted by atomic mass is 10.0. The predicted octanol–water partition coefficient (Wildman–Crippen LogP) is 1.86. The van der Waals surface area contributed by atoms with Crippen LogP contribution < -0.4 is 0 Å². The van der Waals surface area contributed by atoms with Crippen LogP contribution in [0.15, 0.2) is 30.7 Å². The van der Waals surface area contributed by atoms with Gasteiger partial charge in [0.05, 0.1) is 5.69 Å². The zero-order valence-electron chi connectivity index (χ0n) is 9.08. The lowest BCUT2D eigenvalue weighted by Gasteiger charge is -2.08. The zero-order chi connectivity index (χ0) is 12.4. The van der Waals surface area contributed by atoms with E-state index in [4.69, 9.17) is 5.11 Å². The topological polar surface area (TPSA) is 83.3 Å². The molecule has 5 nitrogen and oxygen atoms in total. The minimum absolute atomic E-state index is 0.148. The molecule has 0 saturated carbocycles. The molecule has 0 aliphatic rings. The Morgan fingerprint density at radius 3 is 2.71 bits per heavy atom. The van der Waals surface area contributed by atoms with E-state index in [9.17, 15) is 9.90 Å². The number of carboxylic acids is 1. The van der Waals surface area contributed by atoms with Crippen molar-refractivity contribution in [2.75, 3.05) is 0 Å². The Kier molecular flexibility index (Phi) is 2.74. The summed E-state index contributed by atoms with van der Waals surface area (Å²) in [7, 11) is 0. The van der Waals surface area contributed by atoms with Gasteiger partial charge in [0.15, 0.2) is 5.75 Å². The Morgan fingerprint density at radius 1 is 1.35 bits per heavy atom. The average molecular weight is 230 g/mol. The Morgan fingerprint density at radius 2 is 2.12 bits per heavy atom. The summed E-state index contributed by atoms with van der Waals surface area (Å²) in [5.74, 6) is -1.49. The van der Waals surface area contributed by atoms with Crippen molar-refractivity contribution in [1.29, 1.82) is 0 Å². The molecule has 0 aromatic carbocycles. The van der Waals surface area contributed by atoms with E-state index in [1.807, 2.05) is 0 Å². The summed E-state index contributed by atoms with van der Waals surface area (Å²) in [5, 5.41) is 18.9. The van der Waals surface area contributed by atoms with Gasteiger partial charge < -0.3 is 10.2 Å². The molecule has 0 saturated heterocycles. The van der Waals surface area contributed by atoms with Crippen molar-refractivity contribution in [2.24, 2.45) is 0 Å². The van der Waals surface area contributed by atoms with Crippen LogP contribution in [-0.4, -0.2) is 26.2 Å². The second-order valence-corrected chi connectivity index (χ2v) is 3.53. The van der Waals surface area contributed by atoms with Crippen LogP contribution in [0.3, 0.4) is 0 Å². The van der Waals surface area contributed by atoms with Crippen LogP contribution in [0.25, 0.3) is 11.1 Å². The van der Waals surface area contributed by atoms with Crippen molar-refractivity contribution in [3.8, 4) is 16.9 Å². The summed E-state index contributed by atoms with van der Waals surface area (Å²) < 4.78 is 0. The molecular weight excluding hydrogens is 220 g/mol. The van der Waals surface area contributed by atoms with Gasteiger partial charge in [-0.25, -0.2) is 4.79 Å². The monoisotopic (exact) mass is 230 g/mol. The van der Waals surface area contributed by atoms with Crippen LogP contribution in [0, 0.1) is 6.92 Å². The van der Waals surface area contributed by atoms with Gasteiger partial charge in [0, 0.05) is 29.7 Å². The number of hydrogen-bond donors (Lipinski definition) is 2. The Hall–Kier alpha value is -2.43. The molecular formula is C12H10N2O3. The molecule has 0 atom stereocenters. The first-order valence-corrected chi connectivity index (χ1v) is 4.93. The predicted molar refractivity (Wildman–Crippen MR) is 60.8 cm³/mol. The third kappa shape index (κ3) is 1.94. The lowest BCUT2D eigenvalue weighted by molar-refractivity contribution is 0.0694. The van der Waals surface area contributed by atoms with E-state index < -0.39 is 5.97 Å². The Balaban J connectivity index is 2.71. The van der Waals surface area contributed by atoms with Gasteiger partial charge in [-0.3, -0.25) is 9.97 Å². The maximum absolute atomic E-state index is 11.2. The van der Waals surface area contributed by atoms with Crippen molar-refractivity contribution < 1.29 is 15.0 Å². The fourth-order valence-electron chi connectivity index (χ4n) is 1.55. The molecule has 86 valence electrons. The number of hydrogen-bond acceptors (Lipinski definition) is 4. The largest absolute Gasteiger partial charge is 0.505 e. The highest BCUT2D eigenvalue weighted by atomic mass is 16.4. The van der Waals surface area contributed by atoms with E-state index >= 15 is 0 Å². The number of rotatable bonds is 2. The highest BCUT2D eigenvalue weighted by Crippen LogP contribution is 2.30. The van der Waals surface area contributed by atoms with E-state index in [0.29, 0.717) is 11.1 Å². The van der Waals surface area contributed by atoms with E-state index in [1.165, 1.54) is 12.4 Å². The van der Waals surface area contributed by atoms with Crippen LogP contribution >= 0.6 is 0 Å². The highest BCUT2D eigenvalue weighted by molar-refractivity contribution is 5.98. The van der Waals surface area contributed by atoms with E-state index in [1.54, 1.807) is 25.3 Å². The molecule has 2 aromatic heterocycles. The number of aromatic carboxylic acids is 1. The number of aromatic hydroxyl groups is 1. The second kappa shape index (κ2) is 4.21. The van der Waals surface area contributed by atoms with Gasteiger partial charge in [-0.05, 0) is 13.0 Å². The summed E-state index contributed by atoms with van der Waals surface area (Å²) in [5.41, 5.74) is 1.10. The first kappa shape index (κ1) is 11.1. The summed E-state index contributed by atoms with van der Waals surface area (Å²) in [6, 6.07) is 3.41. The highest BCUT2D eigenvalue weighted by Gasteiger charge is 2.19. The molecule has 0 spiro atoms. The quantitative estimate of drug-likeness (QED) is 0.822. The fraction of sp³-hybridized carbons (Fsp3) is 0.0833. The molecule has 2 rings (SSSR count). The number of aromatic nitrogens is 2. The van der Waals surface area contributed by atoms with Crippen molar-refractivity contribution in [3.63, 3.8) is 0 Å². The van der Waals surface area contributed by atoms with Crippen LogP contribution in [0.4, 0.5) is 0 Å². The first-order chi connectivity index (χ1) is 8.11. The molecule has 5 heteroatoms. The molecule has 0 amide bonds. The Labute approximate surface area is 97.4 Å². The van der Waals surface area contributed by atoms with Crippen LogP contribution in [0.5, 0.6) is 5.75 Å². The summed E-state index contributed by atoms with van der Waals surface area (Å²) in [6.45, 7) is 1.55. The molecule has 17 heavy (non-hydrogen) atoms. The number of aryl methyl sites for hydroxylation is 1. The minimum Gasteiger partial charge on any atom is -0.505 e. The molecule has 2 aromatic rings. The van der Waals surface area contributed by atoms with E-state index in [2.05, 4.69) is 9.97 Å². The summed E-state index contributed by atoms with van der Waals surface area (Å²) >= 11 is 0. The summed E-state index contributed by atoms with van der Waals surface area (Å²) in [4.78, 5) is 19.0. The maximum atomic E-state index is 11.2. The first-order valence-electron chi connectivity index (χ1n) is 4.93. The third-order valence-electron chi connectivity index (χ3n) is 2.42. The molecule has 0 radical (unpaired) electrons. The number of carboxylic acid groups (broad SMARTS) is 1. The van der Waals surface area contributed by atoms with E-state index in [0.717, 1.165) is 0 Å². The van der Waals surface area contributed by atoms with Crippen LogP contribution in [-0.2, 0) is 0 Å². The zero-order valence-corrected chi connectivity index (χ0v) is 9.08. The SMILES string of the molecule is Cc1ncc(-c2cccnc2)c(C(=O)O)c1O. The third-order valence-corrected chi connectivity index (χ3v) is 2.42. The fourth-order valence-corrected chi connectivity index (χ4v) is 1.55. The minimum atomic E-state index is -1.19. The molecule has 2 N–H and O–H groups in total. The summed E-state index contributed by atoms with van der Waals surface area (Å²) in [6.07, 6.45) is 4.54. The van der Waals surface area contributed by atoms with Gasteiger partial charge in [0.25, 0.3) is 0 Å². The number of nitrogens with zero attached hydrogens (tertiary/aromatic N) is 2. The van der Waals surface area contributed by atoms with Crippen LogP contribution in [0.1, 0.15) is 16.1 Å². The normalized spacial score (nSPS) is 10.2. The van der Waals surface area contributed by atoms with Crippen LogP contribution in [0.2, 0.25) is 0 Å². The average Bonchev–Trinajstić information content (AvgIpc) is 2.33. The number of carbonyl (C=O) groups is 1. The van der Waals surface area contributed by atoms with Gasteiger partial charge in [0.2, 0.25) is 0 Å². The molecule has 0 aliphatic heterocycles. The smallest absolute Gasteiger partial charge is 0.340 e. The second-order valence-electron chi connectivity index (χ2n) is 3.53. The van der Waals surface area contributed by atoms with Crippen molar-refractivity contribution in [3.05, 3.63) is 42.0 Å². The van der Waals surface area contributed by atoms with Gasteiger partial charge in [-0.2, -0.15) is 0 Å². The molecule has 0 aliphatic carbocycles. The van der Waals surface area contributed by atoms with Crippen molar-refractivity contribution >= 4 is 5.97 Å². The molecule has 0 fully saturated rings. The maximum Gasteiger partial charge on any atom is 0.340 e. The van der Waals surface area contributed by atoms with Gasteiger partial charge in [-0.15, -0.1) is 0 Å². The Bertz CT molecular complexity index is 567. The molecule has 0 bridgehead atoms. The van der Waals surface area contributed by atoms with Crippen molar-refractivity contribution in [2.45, 2.75) is 6.92 Å².